The summed E-state index contributed by atoms with van der Waals surface area (Å²) in [6.07, 6.45) is 5.23. The van der Waals surface area contributed by atoms with E-state index in [1.807, 2.05) is 13.8 Å². The van der Waals surface area contributed by atoms with Gasteiger partial charge in [0.05, 0.1) is 16.9 Å². The molecule has 4 heteroatoms. The molecule has 2 aliphatic rings. The van der Waals surface area contributed by atoms with Gasteiger partial charge in [-0.2, -0.15) is 0 Å². The lowest BCUT2D eigenvalue weighted by Gasteiger charge is -2.28. The third-order valence-corrected chi connectivity index (χ3v) is 4.03. The monoisotopic (exact) mass is 258 g/mol. The predicted molar refractivity (Wildman–Crippen MR) is 77.8 cm³/mol. The molecule has 102 valence electrons. The molecule has 0 saturated heterocycles. The molecule has 0 aliphatic heterocycles. The average molecular weight is 258 g/mol. The second-order valence-electron chi connectivity index (χ2n) is 5.98. The average Bonchev–Trinajstić information content (AvgIpc) is 3.17. The second kappa shape index (κ2) is 4.51. The molecule has 0 spiro atoms. The Labute approximate surface area is 114 Å². The number of pyridine rings is 1. The molecule has 0 radical (unpaired) electrons. The molecular weight excluding hydrogens is 236 g/mol. The molecule has 0 bridgehead atoms. The highest BCUT2D eigenvalue weighted by molar-refractivity contribution is 6.01. The smallest absolute Gasteiger partial charge is 0.126 e. The highest BCUT2D eigenvalue weighted by Crippen LogP contribution is 2.39. The van der Waals surface area contributed by atoms with Crippen molar-refractivity contribution in [2.24, 2.45) is 11.7 Å². The maximum Gasteiger partial charge on any atom is 0.126 e. The zero-order valence-electron chi connectivity index (χ0n) is 11.7. The number of anilines is 1. The van der Waals surface area contributed by atoms with Gasteiger partial charge in [-0.15, -0.1) is 0 Å². The number of nitrogens with one attached hydrogen (secondary N) is 1. The summed E-state index contributed by atoms with van der Waals surface area (Å²) in [6.45, 7) is 5.09. The fourth-order valence-corrected chi connectivity index (χ4v) is 2.78. The number of amidine groups is 1. The van der Waals surface area contributed by atoms with Crippen LogP contribution in [0.4, 0.5) is 5.69 Å². The van der Waals surface area contributed by atoms with Crippen molar-refractivity contribution in [3.05, 3.63) is 23.0 Å². The molecule has 19 heavy (non-hydrogen) atoms. The first-order valence-corrected chi connectivity index (χ1v) is 7.15. The van der Waals surface area contributed by atoms with E-state index in [-0.39, 0.29) is 5.84 Å². The van der Waals surface area contributed by atoms with E-state index in [4.69, 9.17) is 11.1 Å². The second-order valence-corrected chi connectivity index (χ2v) is 5.98. The van der Waals surface area contributed by atoms with Gasteiger partial charge in [-0.1, -0.05) is 0 Å². The summed E-state index contributed by atoms with van der Waals surface area (Å²) >= 11 is 0. The molecule has 0 aromatic carbocycles. The molecule has 4 nitrogen and oxygen atoms in total. The van der Waals surface area contributed by atoms with Gasteiger partial charge in [-0.25, -0.2) is 0 Å². The Balaban J connectivity index is 2.02. The van der Waals surface area contributed by atoms with Gasteiger partial charge in [-0.05, 0) is 51.5 Å². The van der Waals surface area contributed by atoms with Gasteiger partial charge in [0, 0.05) is 18.3 Å². The van der Waals surface area contributed by atoms with Crippen molar-refractivity contribution in [1.82, 2.24) is 4.98 Å². The van der Waals surface area contributed by atoms with Crippen molar-refractivity contribution < 1.29 is 0 Å². The molecular formula is C15H22N4. The van der Waals surface area contributed by atoms with E-state index >= 15 is 0 Å². The number of hydrogen-bond donors (Lipinski definition) is 2. The minimum absolute atomic E-state index is 0.140. The van der Waals surface area contributed by atoms with E-state index in [2.05, 4.69) is 16.0 Å². The van der Waals surface area contributed by atoms with E-state index in [0.29, 0.717) is 6.04 Å². The van der Waals surface area contributed by atoms with Gasteiger partial charge in [0.1, 0.15) is 5.84 Å². The Morgan fingerprint density at radius 1 is 1.37 bits per heavy atom. The summed E-state index contributed by atoms with van der Waals surface area (Å²) in [6, 6.07) is 2.75. The molecule has 2 fully saturated rings. The lowest BCUT2D eigenvalue weighted by molar-refractivity contribution is 0.716. The van der Waals surface area contributed by atoms with Crippen LogP contribution >= 0.6 is 0 Å². The van der Waals surface area contributed by atoms with Crippen LogP contribution in [0.1, 0.15) is 42.6 Å². The van der Waals surface area contributed by atoms with E-state index in [1.165, 1.54) is 25.7 Å². The van der Waals surface area contributed by atoms with Crippen LogP contribution < -0.4 is 10.6 Å². The summed E-state index contributed by atoms with van der Waals surface area (Å²) in [5, 5.41) is 7.85. The molecule has 2 saturated carbocycles. The normalized spacial score (nSPS) is 18.4. The fraction of sp³-hybridized carbons (Fsp3) is 0.600. The lowest BCUT2D eigenvalue weighted by Crippen LogP contribution is -2.31. The minimum Gasteiger partial charge on any atom is -0.384 e. The van der Waals surface area contributed by atoms with Crippen LogP contribution in [0.2, 0.25) is 0 Å². The van der Waals surface area contributed by atoms with Crippen LogP contribution in [0, 0.1) is 25.2 Å². The molecule has 2 aliphatic carbocycles. The van der Waals surface area contributed by atoms with E-state index < -0.39 is 0 Å². The van der Waals surface area contributed by atoms with Gasteiger partial charge < -0.3 is 10.6 Å². The summed E-state index contributed by atoms with van der Waals surface area (Å²) in [5.41, 5.74) is 9.64. The first-order valence-electron chi connectivity index (χ1n) is 7.15. The van der Waals surface area contributed by atoms with Crippen molar-refractivity contribution in [1.29, 1.82) is 5.41 Å². The summed E-state index contributed by atoms with van der Waals surface area (Å²) in [7, 11) is 0. The number of aryl methyl sites for hydroxylation is 2. The Hall–Kier alpha value is -1.58. The SMILES string of the molecule is Cc1cc(N(CC2CC2)C2CC2)c(C(=N)N)c(C)n1. The summed E-state index contributed by atoms with van der Waals surface area (Å²) in [4.78, 5) is 6.95. The van der Waals surface area contributed by atoms with Gasteiger partial charge in [0.2, 0.25) is 0 Å². The molecule has 0 unspecified atom stereocenters. The molecule has 3 rings (SSSR count). The number of rotatable bonds is 5. The van der Waals surface area contributed by atoms with Gasteiger partial charge in [0.15, 0.2) is 0 Å². The number of nitrogens with two attached hydrogens (primary N) is 1. The minimum atomic E-state index is 0.140. The predicted octanol–water partition coefficient (Wildman–Crippen LogP) is 2.36. The van der Waals surface area contributed by atoms with Gasteiger partial charge in [0.25, 0.3) is 0 Å². The van der Waals surface area contributed by atoms with E-state index in [1.54, 1.807) is 0 Å². The summed E-state index contributed by atoms with van der Waals surface area (Å²) in [5.74, 6) is 0.982. The Morgan fingerprint density at radius 3 is 2.58 bits per heavy atom. The number of hydrogen-bond acceptors (Lipinski definition) is 3. The molecule has 3 N–H and O–H groups in total. The Morgan fingerprint density at radius 2 is 2.05 bits per heavy atom. The zero-order chi connectivity index (χ0) is 13.6. The van der Waals surface area contributed by atoms with Crippen LogP contribution in [-0.2, 0) is 0 Å². The van der Waals surface area contributed by atoms with Crippen LogP contribution in [0.15, 0.2) is 6.07 Å². The van der Waals surface area contributed by atoms with Crippen LogP contribution in [0.25, 0.3) is 0 Å². The highest BCUT2D eigenvalue weighted by Gasteiger charge is 2.35. The Kier molecular flexibility index (Phi) is 2.96. The van der Waals surface area contributed by atoms with Gasteiger partial charge >= 0.3 is 0 Å². The number of nitrogen functional groups attached to an aromatic ring is 1. The van der Waals surface area contributed by atoms with E-state index in [0.717, 1.165) is 35.1 Å². The quantitative estimate of drug-likeness (QED) is 0.629. The maximum absolute atomic E-state index is 7.85. The summed E-state index contributed by atoms with van der Waals surface area (Å²) < 4.78 is 0. The Bertz CT molecular complexity index is 515. The van der Waals surface area contributed by atoms with Crippen LogP contribution in [-0.4, -0.2) is 23.4 Å². The van der Waals surface area contributed by atoms with Crippen molar-refractivity contribution in [3.8, 4) is 0 Å². The molecule has 0 atom stereocenters. The number of aromatic nitrogens is 1. The van der Waals surface area contributed by atoms with Crippen LogP contribution in [0.5, 0.6) is 0 Å². The molecule has 1 aromatic rings. The molecule has 1 heterocycles. The third kappa shape index (κ3) is 2.57. The van der Waals surface area contributed by atoms with Gasteiger partial charge in [-0.3, -0.25) is 10.4 Å². The molecule has 0 amide bonds. The van der Waals surface area contributed by atoms with Crippen molar-refractivity contribution >= 4 is 11.5 Å². The first-order chi connectivity index (χ1) is 9.06. The first kappa shape index (κ1) is 12.5. The van der Waals surface area contributed by atoms with E-state index in [9.17, 15) is 0 Å². The topological polar surface area (TPSA) is 66.0 Å². The maximum atomic E-state index is 7.85. The highest BCUT2D eigenvalue weighted by atomic mass is 15.2. The number of nitrogens with zero attached hydrogens (tertiary/aromatic N) is 2. The molecule has 1 aromatic heterocycles. The fourth-order valence-electron chi connectivity index (χ4n) is 2.78. The van der Waals surface area contributed by atoms with Crippen LogP contribution in [0.3, 0.4) is 0 Å². The van der Waals surface area contributed by atoms with Crippen molar-refractivity contribution in [3.63, 3.8) is 0 Å². The lowest BCUT2D eigenvalue weighted by atomic mass is 10.1. The third-order valence-electron chi connectivity index (χ3n) is 4.03. The van der Waals surface area contributed by atoms with Crippen molar-refractivity contribution in [2.75, 3.05) is 11.4 Å². The standard InChI is InChI=1S/C15H22N4/c1-9-7-13(14(15(16)17)10(2)18-9)19(12-5-6-12)8-11-3-4-11/h7,11-12H,3-6,8H2,1-2H3,(H3,16,17). The zero-order valence-corrected chi connectivity index (χ0v) is 11.7. The van der Waals surface area contributed by atoms with Crippen molar-refractivity contribution in [2.45, 2.75) is 45.6 Å². The largest absolute Gasteiger partial charge is 0.384 e.